The van der Waals surface area contributed by atoms with E-state index in [9.17, 15) is 18.7 Å². The SMILES string of the molecule is O.O.O.O.O.O.O=C(O)P(=O)(O)O.O=C(O)P(=O)(O)O.[Na+].[Na+].[Na+]. The van der Waals surface area contributed by atoms with E-state index in [2.05, 4.69) is 0 Å². The molecule has 0 rings (SSSR count). The maximum Gasteiger partial charge on any atom is 1.00 e. The molecule has 0 amide bonds. The molecule has 0 aromatic rings. The van der Waals surface area contributed by atoms with Crippen LogP contribution >= 0.6 is 15.2 Å². The van der Waals surface area contributed by atoms with E-state index in [0.717, 1.165) is 0 Å². The van der Waals surface area contributed by atoms with Crippen LogP contribution in [0, 0.1) is 0 Å². The van der Waals surface area contributed by atoms with Gasteiger partial charge in [-0.25, -0.2) is 18.7 Å². The molecule has 0 fully saturated rings. The van der Waals surface area contributed by atoms with E-state index in [1.807, 2.05) is 0 Å². The van der Waals surface area contributed by atoms with Crippen molar-refractivity contribution in [3.63, 3.8) is 0 Å². The first kappa shape index (κ1) is 73.5. The third kappa shape index (κ3) is 59.3. The van der Waals surface area contributed by atoms with E-state index in [1.165, 1.54) is 0 Å². The molecule has 18 N–H and O–H groups in total. The van der Waals surface area contributed by atoms with Gasteiger partial charge in [0.25, 0.3) is 0 Å². The Kier molecular flexibility index (Phi) is 101. The normalized spacial score (nSPS) is 6.78. The van der Waals surface area contributed by atoms with E-state index in [0.29, 0.717) is 0 Å². The molecule has 0 unspecified atom stereocenters. The molecule has 132 valence electrons. The summed E-state index contributed by atoms with van der Waals surface area (Å²) in [7, 11) is -9.64. The van der Waals surface area contributed by atoms with Crippen molar-refractivity contribution in [2.45, 2.75) is 0 Å². The van der Waals surface area contributed by atoms with Crippen LogP contribution in [0.1, 0.15) is 0 Å². The second kappa shape index (κ2) is 31.7. The molecule has 0 spiro atoms. The quantitative estimate of drug-likeness (QED) is 0.178. The van der Waals surface area contributed by atoms with Crippen molar-refractivity contribution in [1.82, 2.24) is 0 Å². The molecule has 0 saturated carbocycles. The number of carboxylic acid groups (broad SMARTS) is 2. The molecule has 0 saturated heterocycles. The van der Waals surface area contributed by atoms with Crippen molar-refractivity contribution in [1.29, 1.82) is 0 Å². The van der Waals surface area contributed by atoms with Gasteiger partial charge in [-0.15, -0.1) is 0 Å². The zero-order valence-electron chi connectivity index (χ0n) is 12.2. The molecule has 21 heteroatoms. The fourth-order valence-corrected chi connectivity index (χ4v) is 0. The largest absolute Gasteiger partial charge is 1.00 e. The summed E-state index contributed by atoms with van der Waals surface area (Å²) in [5, 5.41) is 15.0. The van der Waals surface area contributed by atoms with E-state index in [1.54, 1.807) is 0 Å². The topological polar surface area (TPSA) is 379 Å². The summed E-state index contributed by atoms with van der Waals surface area (Å²) >= 11 is 0. The Labute approximate surface area is 194 Å². The first-order valence-electron chi connectivity index (χ1n) is 2.47. The minimum atomic E-state index is -4.82. The van der Waals surface area contributed by atoms with Crippen molar-refractivity contribution in [3.8, 4) is 0 Å². The fourth-order valence-electron chi connectivity index (χ4n) is 0. The first-order valence-corrected chi connectivity index (χ1v) is 5.69. The summed E-state index contributed by atoms with van der Waals surface area (Å²) in [6.07, 6.45) is 0. The first-order chi connectivity index (χ1) is 5.89. The summed E-state index contributed by atoms with van der Waals surface area (Å²) in [6, 6.07) is 0. The Morgan fingerprint density at radius 1 is 0.522 bits per heavy atom. The van der Waals surface area contributed by atoms with E-state index in [-0.39, 0.29) is 122 Å². The van der Waals surface area contributed by atoms with Crippen LogP contribution < -0.4 is 88.7 Å². The Morgan fingerprint density at radius 3 is 0.565 bits per heavy atom. The van der Waals surface area contributed by atoms with Crippen LogP contribution in [0.15, 0.2) is 0 Å². The Morgan fingerprint density at radius 2 is 0.565 bits per heavy atom. The third-order valence-electron chi connectivity index (χ3n) is 0.498. The Bertz CT molecular complexity index is 287. The number of rotatable bonds is 2. The molecule has 0 atom stereocenters. The van der Waals surface area contributed by atoms with Crippen molar-refractivity contribution in [2.75, 3.05) is 0 Å². The molecule has 0 aliphatic heterocycles. The monoisotopic (exact) mass is 429 g/mol. The third-order valence-corrected chi connectivity index (χ3v) is 1.50. The summed E-state index contributed by atoms with van der Waals surface area (Å²) in [5.41, 5.74) is -4.18. The van der Waals surface area contributed by atoms with Gasteiger partial charge in [-0.3, -0.25) is 0 Å². The van der Waals surface area contributed by atoms with Crippen LogP contribution in [0.5, 0.6) is 0 Å². The Balaban J connectivity index is -0.00000001000. The predicted octanol–water partition coefficient (Wildman–Crippen LogP) is -14.3. The van der Waals surface area contributed by atoms with Crippen LogP contribution in [0.25, 0.3) is 0 Å². The van der Waals surface area contributed by atoms with Gasteiger partial charge in [-0.2, -0.15) is 0 Å². The van der Waals surface area contributed by atoms with Crippen LogP contribution in [-0.2, 0) is 9.13 Å². The van der Waals surface area contributed by atoms with Gasteiger partial charge in [-0.1, -0.05) is 0 Å². The van der Waals surface area contributed by atoms with E-state index in [4.69, 9.17) is 29.8 Å². The van der Waals surface area contributed by atoms with Gasteiger partial charge in [0.05, 0.1) is 0 Å². The molecule has 16 nitrogen and oxygen atoms in total. The summed E-state index contributed by atoms with van der Waals surface area (Å²) in [5.74, 6) is 0. The number of carbonyl (C=O) groups is 2. The molecule has 0 bridgehead atoms. The smallest absolute Gasteiger partial charge is 0.472 e. The summed E-state index contributed by atoms with van der Waals surface area (Å²) < 4.78 is 18.9. The van der Waals surface area contributed by atoms with Gasteiger partial charge in [0.2, 0.25) is 0 Å². The van der Waals surface area contributed by atoms with Crippen molar-refractivity contribution in [2.24, 2.45) is 0 Å². The number of hydrogen-bond donors (Lipinski definition) is 6. The molecule has 0 aromatic heterocycles. The molecule has 23 heavy (non-hydrogen) atoms. The molecule has 0 aromatic carbocycles. The zero-order valence-corrected chi connectivity index (χ0v) is 20.0. The fraction of sp³-hybridized carbons (Fsp3) is 0. The second-order valence-electron chi connectivity index (χ2n) is 1.65. The molecular weight excluding hydrogens is 411 g/mol. The van der Waals surface area contributed by atoms with Crippen LogP contribution in [0.3, 0.4) is 0 Å². The van der Waals surface area contributed by atoms with Crippen LogP contribution in [0.4, 0.5) is 9.59 Å². The second-order valence-corrected chi connectivity index (χ2v) is 4.59. The minimum Gasteiger partial charge on any atom is -0.472 e. The number of hydrogen-bond acceptors (Lipinski definition) is 4. The van der Waals surface area contributed by atoms with Gasteiger partial charge in [0.1, 0.15) is 0 Å². The van der Waals surface area contributed by atoms with Gasteiger partial charge in [-0.05, 0) is 0 Å². The van der Waals surface area contributed by atoms with Crippen LogP contribution in [-0.4, -0.2) is 74.1 Å². The summed E-state index contributed by atoms with van der Waals surface area (Å²) in [6.45, 7) is 0. The Hall–Kier alpha value is 2.00. The van der Waals surface area contributed by atoms with E-state index >= 15 is 0 Å². The summed E-state index contributed by atoms with van der Waals surface area (Å²) in [4.78, 5) is 48.9. The van der Waals surface area contributed by atoms with Gasteiger partial charge in [0, 0.05) is 0 Å². The van der Waals surface area contributed by atoms with Crippen molar-refractivity contribution in [3.05, 3.63) is 0 Å². The standard InChI is InChI=1S/2CH3O5P.3Na.6H2O/c2*2-1(3)7(4,5)6;;;;;;;;;/h2*(H,2,3)(H2,4,5,6);;;;6*1H2/q;;3*+1;;;;;;. The average Bonchev–Trinajstić information content (AvgIpc) is 1.83. The maximum absolute atomic E-state index is 9.43. The molecule has 0 heterocycles. The maximum atomic E-state index is 9.43. The van der Waals surface area contributed by atoms with E-state index < -0.39 is 26.6 Å². The van der Waals surface area contributed by atoms with Crippen molar-refractivity contribution >= 4 is 26.6 Å². The zero-order chi connectivity index (χ0) is 12.2. The molecule has 0 aliphatic rings. The van der Waals surface area contributed by atoms with Gasteiger partial charge < -0.3 is 62.6 Å². The average molecular weight is 429 g/mol. The molecule has 0 radical (unpaired) electrons. The van der Waals surface area contributed by atoms with Gasteiger partial charge in [0.15, 0.2) is 0 Å². The minimum absolute atomic E-state index is 0. The van der Waals surface area contributed by atoms with Crippen molar-refractivity contribution < 1.29 is 170 Å². The predicted molar refractivity (Wildman–Crippen MR) is 61.8 cm³/mol. The van der Waals surface area contributed by atoms with Crippen LogP contribution in [0.2, 0.25) is 0 Å². The van der Waals surface area contributed by atoms with Gasteiger partial charge >= 0.3 is 115 Å². The molecular formula is C2H18Na3O16P2+3. The molecule has 0 aliphatic carbocycles.